The lowest BCUT2D eigenvalue weighted by Gasteiger charge is -2.26. The molecule has 0 bridgehead atoms. The molecule has 2 N–H and O–H groups in total. The molecule has 0 radical (unpaired) electrons. The maximum absolute atomic E-state index is 12.3. The molecule has 1 fully saturated rings. The van der Waals surface area contributed by atoms with Crippen molar-refractivity contribution in [2.45, 2.75) is 33.1 Å². The van der Waals surface area contributed by atoms with E-state index in [0.29, 0.717) is 18.1 Å². The van der Waals surface area contributed by atoms with Crippen LogP contribution in [0.4, 0.5) is 0 Å². The molecule has 0 atom stereocenters. The largest absolute Gasteiger partial charge is 0.379 e. The van der Waals surface area contributed by atoms with Gasteiger partial charge in [0, 0.05) is 31.6 Å². The molecule has 7 nitrogen and oxygen atoms in total. The van der Waals surface area contributed by atoms with Gasteiger partial charge in [0.25, 0.3) is 11.5 Å². The van der Waals surface area contributed by atoms with E-state index in [1.807, 2.05) is 20.8 Å². The second kappa shape index (κ2) is 7.23. The molecule has 0 saturated carbocycles. The van der Waals surface area contributed by atoms with Gasteiger partial charge in [-0.2, -0.15) is 0 Å². The van der Waals surface area contributed by atoms with E-state index < -0.39 is 0 Å². The Hall–Kier alpha value is -1.73. The maximum Gasteiger partial charge on any atom is 0.264 e. The standard InChI is InChI=1S/C16H26N4O3/c1-11-12(14(22)19-15(18-11)16(2,3)4)13(21)17-5-6-20-7-9-23-10-8-20/h5-10H2,1-4H3,(H,17,21)(H,18,19,22). The molecule has 0 unspecified atom stereocenters. The first-order valence-corrected chi connectivity index (χ1v) is 7.99. The zero-order valence-corrected chi connectivity index (χ0v) is 14.4. The molecule has 1 aromatic heterocycles. The Kier molecular flexibility index (Phi) is 5.54. The van der Waals surface area contributed by atoms with Gasteiger partial charge >= 0.3 is 0 Å². The Morgan fingerprint density at radius 2 is 2.00 bits per heavy atom. The SMILES string of the molecule is Cc1nc(C(C)(C)C)[nH]c(=O)c1C(=O)NCCN1CCOCC1. The van der Waals surface area contributed by atoms with Gasteiger partial charge in [-0.25, -0.2) is 4.98 Å². The Labute approximate surface area is 136 Å². The zero-order valence-electron chi connectivity index (χ0n) is 14.4. The Balaban J connectivity index is 2.00. The third kappa shape index (κ3) is 4.62. The van der Waals surface area contributed by atoms with Gasteiger partial charge in [0.05, 0.1) is 18.9 Å². The number of amides is 1. The molecule has 7 heteroatoms. The van der Waals surface area contributed by atoms with E-state index in [9.17, 15) is 9.59 Å². The van der Waals surface area contributed by atoms with Crippen molar-refractivity contribution in [3.05, 3.63) is 27.4 Å². The lowest BCUT2D eigenvalue weighted by Crippen LogP contribution is -2.42. The number of H-pyrrole nitrogens is 1. The summed E-state index contributed by atoms with van der Waals surface area (Å²) in [7, 11) is 0. The number of ether oxygens (including phenoxy) is 1. The first-order chi connectivity index (χ1) is 10.8. The van der Waals surface area contributed by atoms with E-state index in [-0.39, 0.29) is 22.4 Å². The van der Waals surface area contributed by atoms with Crippen LogP contribution in [0.5, 0.6) is 0 Å². The molecule has 1 amide bonds. The topological polar surface area (TPSA) is 87.3 Å². The Morgan fingerprint density at radius 3 is 2.57 bits per heavy atom. The van der Waals surface area contributed by atoms with E-state index >= 15 is 0 Å². The highest BCUT2D eigenvalue weighted by atomic mass is 16.5. The third-order valence-corrected chi connectivity index (χ3v) is 3.86. The summed E-state index contributed by atoms with van der Waals surface area (Å²) in [5, 5.41) is 2.80. The molecule has 1 aliphatic heterocycles. The first-order valence-electron chi connectivity index (χ1n) is 7.99. The molecule has 1 aliphatic rings. The summed E-state index contributed by atoms with van der Waals surface area (Å²) < 4.78 is 5.28. The number of nitrogens with one attached hydrogen (secondary N) is 2. The number of aromatic amines is 1. The van der Waals surface area contributed by atoms with Crippen molar-refractivity contribution < 1.29 is 9.53 Å². The van der Waals surface area contributed by atoms with Crippen LogP contribution >= 0.6 is 0 Å². The minimum atomic E-state index is -0.383. The Bertz CT molecular complexity index is 613. The van der Waals surface area contributed by atoms with Crippen molar-refractivity contribution in [2.24, 2.45) is 0 Å². The van der Waals surface area contributed by atoms with E-state index in [2.05, 4.69) is 20.2 Å². The molecule has 0 aromatic carbocycles. The molecule has 1 saturated heterocycles. The average Bonchev–Trinajstić information content (AvgIpc) is 2.46. The van der Waals surface area contributed by atoms with Crippen LogP contribution in [0.1, 0.15) is 42.6 Å². The van der Waals surface area contributed by atoms with Gasteiger partial charge in [0.2, 0.25) is 0 Å². The van der Waals surface area contributed by atoms with Crippen LogP contribution in [0.3, 0.4) is 0 Å². The summed E-state index contributed by atoms with van der Waals surface area (Å²) in [6, 6.07) is 0. The monoisotopic (exact) mass is 322 g/mol. The van der Waals surface area contributed by atoms with Crippen molar-refractivity contribution in [1.82, 2.24) is 20.2 Å². The fraction of sp³-hybridized carbons (Fsp3) is 0.688. The van der Waals surface area contributed by atoms with Gasteiger partial charge in [0.1, 0.15) is 11.4 Å². The van der Waals surface area contributed by atoms with Crippen molar-refractivity contribution in [2.75, 3.05) is 39.4 Å². The molecule has 0 spiro atoms. The fourth-order valence-corrected chi connectivity index (χ4v) is 2.45. The fourth-order valence-electron chi connectivity index (χ4n) is 2.45. The van der Waals surface area contributed by atoms with Crippen molar-refractivity contribution in [3.63, 3.8) is 0 Å². The van der Waals surface area contributed by atoms with Gasteiger partial charge in [-0.15, -0.1) is 0 Å². The van der Waals surface area contributed by atoms with Crippen molar-refractivity contribution in [3.8, 4) is 0 Å². The second-order valence-electron chi connectivity index (χ2n) is 6.83. The van der Waals surface area contributed by atoms with Gasteiger partial charge in [-0.1, -0.05) is 20.8 Å². The maximum atomic E-state index is 12.3. The Morgan fingerprint density at radius 1 is 1.35 bits per heavy atom. The average molecular weight is 322 g/mol. The smallest absolute Gasteiger partial charge is 0.264 e. The number of aryl methyl sites for hydroxylation is 1. The lowest BCUT2D eigenvalue weighted by molar-refractivity contribution is 0.0383. The number of aromatic nitrogens is 2. The quantitative estimate of drug-likeness (QED) is 0.840. The highest BCUT2D eigenvalue weighted by molar-refractivity contribution is 5.94. The highest BCUT2D eigenvalue weighted by Crippen LogP contribution is 2.17. The van der Waals surface area contributed by atoms with Crippen LogP contribution in [0, 0.1) is 6.92 Å². The van der Waals surface area contributed by atoms with Crippen LogP contribution in [0.25, 0.3) is 0 Å². The van der Waals surface area contributed by atoms with E-state index in [0.717, 1.165) is 32.8 Å². The summed E-state index contributed by atoms with van der Waals surface area (Å²) >= 11 is 0. The predicted octanol–water partition coefficient (Wildman–Crippen LogP) is 0.438. The van der Waals surface area contributed by atoms with Gasteiger partial charge in [0.15, 0.2) is 0 Å². The summed E-state index contributed by atoms with van der Waals surface area (Å²) in [6.45, 7) is 12.0. The van der Waals surface area contributed by atoms with Crippen molar-refractivity contribution in [1.29, 1.82) is 0 Å². The highest BCUT2D eigenvalue weighted by Gasteiger charge is 2.22. The normalized spacial score (nSPS) is 16.3. The molecule has 0 aliphatic carbocycles. The van der Waals surface area contributed by atoms with Crippen LogP contribution in [0.15, 0.2) is 4.79 Å². The van der Waals surface area contributed by atoms with Gasteiger partial charge < -0.3 is 15.0 Å². The van der Waals surface area contributed by atoms with Crippen LogP contribution in [-0.2, 0) is 10.2 Å². The van der Waals surface area contributed by atoms with E-state index in [1.165, 1.54) is 0 Å². The molecular weight excluding hydrogens is 296 g/mol. The summed E-state index contributed by atoms with van der Waals surface area (Å²) in [6.07, 6.45) is 0. The molecule has 2 rings (SSSR count). The third-order valence-electron chi connectivity index (χ3n) is 3.86. The number of rotatable bonds is 4. The van der Waals surface area contributed by atoms with Gasteiger partial charge in [-0.05, 0) is 6.92 Å². The number of hydrogen-bond donors (Lipinski definition) is 2. The molecule has 128 valence electrons. The lowest BCUT2D eigenvalue weighted by atomic mass is 9.95. The minimum absolute atomic E-state index is 0.0972. The number of morpholine rings is 1. The van der Waals surface area contributed by atoms with Crippen LogP contribution in [-0.4, -0.2) is 60.2 Å². The van der Waals surface area contributed by atoms with E-state index in [4.69, 9.17) is 4.74 Å². The molecular formula is C16H26N4O3. The molecule has 2 heterocycles. The number of carbonyl (C=O) groups is 1. The number of nitrogens with zero attached hydrogens (tertiary/aromatic N) is 2. The summed E-state index contributed by atoms with van der Waals surface area (Å²) in [4.78, 5) is 33.8. The van der Waals surface area contributed by atoms with Crippen molar-refractivity contribution >= 4 is 5.91 Å². The first kappa shape index (κ1) is 17.6. The van der Waals surface area contributed by atoms with Crippen LogP contribution < -0.4 is 10.9 Å². The second-order valence-corrected chi connectivity index (χ2v) is 6.83. The molecule has 1 aromatic rings. The van der Waals surface area contributed by atoms with Crippen LogP contribution in [0.2, 0.25) is 0 Å². The summed E-state index contributed by atoms with van der Waals surface area (Å²) in [5.41, 5.74) is -0.0938. The number of hydrogen-bond acceptors (Lipinski definition) is 5. The molecule has 23 heavy (non-hydrogen) atoms. The minimum Gasteiger partial charge on any atom is -0.379 e. The summed E-state index contributed by atoms with van der Waals surface area (Å²) in [5.74, 6) is 0.217. The number of carbonyl (C=O) groups excluding carboxylic acids is 1. The van der Waals surface area contributed by atoms with E-state index in [1.54, 1.807) is 6.92 Å². The van der Waals surface area contributed by atoms with Gasteiger partial charge in [-0.3, -0.25) is 14.5 Å². The predicted molar refractivity (Wildman–Crippen MR) is 87.9 cm³/mol. The zero-order chi connectivity index (χ0) is 17.0.